The molecule has 0 atom stereocenters. The number of carbonyl (C=O) groups is 2. The van der Waals surface area contributed by atoms with Gasteiger partial charge in [-0.15, -0.1) is 11.3 Å². The molecule has 9 heteroatoms. The highest BCUT2D eigenvalue weighted by molar-refractivity contribution is 7.16. The van der Waals surface area contributed by atoms with E-state index in [1.807, 2.05) is 0 Å². The normalized spacial score (nSPS) is 10.5. The Labute approximate surface area is 164 Å². The van der Waals surface area contributed by atoms with E-state index in [0.29, 0.717) is 13.2 Å². The van der Waals surface area contributed by atoms with Crippen LogP contribution in [0.3, 0.4) is 0 Å². The second-order valence-electron chi connectivity index (χ2n) is 6.18. The van der Waals surface area contributed by atoms with E-state index in [-0.39, 0.29) is 21.3 Å². The number of nitrogens with one attached hydrogen (secondary N) is 2. The predicted molar refractivity (Wildman–Crippen MR) is 107 cm³/mol. The SMILES string of the molecule is CCCCCCOc1c(C(=O)NN)sc(C(=O)NN)c1OCCCCCC. The molecule has 0 spiro atoms. The molecule has 0 bridgehead atoms. The quantitative estimate of drug-likeness (QED) is 0.164. The first-order valence-electron chi connectivity index (χ1n) is 9.54. The van der Waals surface area contributed by atoms with Gasteiger partial charge in [-0.05, 0) is 12.8 Å². The predicted octanol–water partition coefficient (Wildman–Crippen LogP) is 2.87. The van der Waals surface area contributed by atoms with E-state index in [1.165, 1.54) is 0 Å². The van der Waals surface area contributed by atoms with Crippen molar-refractivity contribution in [2.75, 3.05) is 13.2 Å². The summed E-state index contributed by atoms with van der Waals surface area (Å²) in [6.07, 6.45) is 8.22. The lowest BCUT2D eigenvalue weighted by atomic mass is 10.2. The fraction of sp³-hybridized carbons (Fsp3) is 0.667. The van der Waals surface area contributed by atoms with Crippen molar-refractivity contribution in [1.29, 1.82) is 0 Å². The van der Waals surface area contributed by atoms with E-state index in [1.54, 1.807) is 0 Å². The van der Waals surface area contributed by atoms with Gasteiger partial charge in [-0.3, -0.25) is 20.4 Å². The Bertz CT molecular complexity index is 544. The van der Waals surface area contributed by atoms with E-state index in [0.717, 1.165) is 62.7 Å². The third kappa shape index (κ3) is 7.36. The van der Waals surface area contributed by atoms with Gasteiger partial charge in [0, 0.05) is 0 Å². The number of carbonyl (C=O) groups excluding carboxylic acids is 2. The third-order valence-electron chi connectivity index (χ3n) is 3.99. The minimum Gasteiger partial charge on any atom is -0.488 e. The smallest absolute Gasteiger partial charge is 0.279 e. The highest BCUT2D eigenvalue weighted by atomic mass is 32.1. The maximum atomic E-state index is 12.1. The van der Waals surface area contributed by atoms with Gasteiger partial charge in [0.25, 0.3) is 11.8 Å². The van der Waals surface area contributed by atoms with E-state index in [4.69, 9.17) is 21.2 Å². The molecule has 8 nitrogen and oxygen atoms in total. The first-order valence-corrected chi connectivity index (χ1v) is 10.4. The number of rotatable bonds is 14. The van der Waals surface area contributed by atoms with Gasteiger partial charge in [0.1, 0.15) is 9.75 Å². The lowest BCUT2D eigenvalue weighted by molar-refractivity contribution is 0.0943. The van der Waals surface area contributed by atoms with Gasteiger partial charge in [0.05, 0.1) is 13.2 Å². The maximum Gasteiger partial charge on any atom is 0.279 e. The summed E-state index contributed by atoms with van der Waals surface area (Å²) in [5, 5.41) is 0. The highest BCUT2D eigenvalue weighted by Crippen LogP contribution is 2.42. The molecule has 0 saturated heterocycles. The number of nitrogens with two attached hydrogens (primary N) is 2. The number of unbranched alkanes of at least 4 members (excludes halogenated alkanes) is 6. The standard InChI is InChI=1S/C18H32N4O4S/c1-3-5-7-9-11-25-13-14(26-12-10-8-6-4-2)16(18(24)22-20)27-15(13)17(23)21-19/h3-12,19-20H2,1-2H3,(H,21,23)(H,22,24). The molecule has 0 aliphatic carbocycles. The van der Waals surface area contributed by atoms with Crippen LogP contribution in [0, 0.1) is 0 Å². The molecule has 1 heterocycles. The van der Waals surface area contributed by atoms with E-state index in [9.17, 15) is 9.59 Å². The molecule has 0 saturated carbocycles. The minimum atomic E-state index is -0.532. The Kier molecular flexibility index (Phi) is 11.5. The van der Waals surface area contributed by atoms with Crippen LogP contribution in [0.2, 0.25) is 0 Å². The Balaban J connectivity index is 3.01. The van der Waals surface area contributed by atoms with Crippen molar-refractivity contribution in [3.05, 3.63) is 9.75 Å². The number of hydrogen-bond acceptors (Lipinski definition) is 7. The lowest BCUT2D eigenvalue weighted by Gasteiger charge is -2.12. The molecule has 0 aliphatic rings. The Morgan fingerprint density at radius 2 is 1.19 bits per heavy atom. The van der Waals surface area contributed by atoms with Crippen molar-refractivity contribution >= 4 is 23.2 Å². The summed E-state index contributed by atoms with van der Waals surface area (Å²) in [6.45, 7) is 5.12. The summed E-state index contributed by atoms with van der Waals surface area (Å²) in [5.41, 5.74) is 4.17. The van der Waals surface area contributed by atoms with Crippen molar-refractivity contribution in [3.63, 3.8) is 0 Å². The van der Waals surface area contributed by atoms with Crippen LogP contribution in [-0.2, 0) is 0 Å². The van der Waals surface area contributed by atoms with Crippen LogP contribution >= 0.6 is 11.3 Å². The Hall–Kier alpha value is -1.84. The first kappa shape index (κ1) is 23.2. The average molecular weight is 401 g/mol. The molecule has 2 amide bonds. The second kappa shape index (κ2) is 13.3. The van der Waals surface area contributed by atoms with E-state index >= 15 is 0 Å². The largest absolute Gasteiger partial charge is 0.488 e. The van der Waals surface area contributed by atoms with Crippen molar-refractivity contribution in [3.8, 4) is 11.5 Å². The molecule has 0 fully saturated rings. The molecule has 0 radical (unpaired) electrons. The molecular weight excluding hydrogens is 368 g/mol. The third-order valence-corrected chi connectivity index (χ3v) is 5.14. The monoisotopic (exact) mass is 400 g/mol. The Morgan fingerprint density at radius 3 is 1.52 bits per heavy atom. The zero-order chi connectivity index (χ0) is 20.1. The van der Waals surface area contributed by atoms with Crippen LogP contribution in [0.1, 0.15) is 84.6 Å². The molecule has 0 aliphatic heterocycles. The van der Waals surface area contributed by atoms with Crippen molar-refractivity contribution in [2.45, 2.75) is 65.2 Å². The summed E-state index contributed by atoms with van der Waals surface area (Å²) in [6, 6.07) is 0. The van der Waals surface area contributed by atoms with E-state index in [2.05, 4.69) is 24.7 Å². The van der Waals surface area contributed by atoms with Crippen LogP contribution in [0.15, 0.2) is 0 Å². The van der Waals surface area contributed by atoms with Gasteiger partial charge in [-0.2, -0.15) is 0 Å². The van der Waals surface area contributed by atoms with Gasteiger partial charge in [-0.25, -0.2) is 11.7 Å². The van der Waals surface area contributed by atoms with Crippen LogP contribution in [0.5, 0.6) is 11.5 Å². The summed E-state index contributed by atoms with van der Waals surface area (Å²) < 4.78 is 11.7. The van der Waals surface area contributed by atoms with Crippen LogP contribution in [0.25, 0.3) is 0 Å². The zero-order valence-corrected chi connectivity index (χ0v) is 17.1. The number of hydrazine groups is 2. The number of hydrogen-bond donors (Lipinski definition) is 4. The molecular formula is C18H32N4O4S. The maximum absolute atomic E-state index is 12.1. The Morgan fingerprint density at radius 1 is 0.778 bits per heavy atom. The van der Waals surface area contributed by atoms with Crippen molar-refractivity contribution < 1.29 is 19.1 Å². The minimum absolute atomic E-state index is 0.204. The number of nitrogen functional groups attached to an aromatic ring is 2. The summed E-state index contributed by atoms with van der Waals surface area (Å²) in [4.78, 5) is 24.7. The molecule has 6 N–H and O–H groups in total. The molecule has 154 valence electrons. The fourth-order valence-corrected chi connectivity index (χ4v) is 3.50. The topological polar surface area (TPSA) is 129 Å². The number of ether oxygens (including phenoxy) is 2. The van der Waals surface area contributed by atoms with Crippen molar-refractivity contribution in [2.24, 2.45) is 11.7 Å². The number of amides is 2. The summed E-state index contributed by atoms with van der Waals surface area (Å²) in [7, 11) is 0. The van der Waals surface area contributed by atoms with Crippen LogP contribution in [0.4, 0.5) is 0 Å². The zero-order valence-electron chi connectivity index (χ0n) is 16.3. The molecule has 1 aromatic heterocycles. The second-order valence-corrected chi connectivity index (χ2v) is 7.20. The van der Waals surface area contributed by atoms with E-state index < -0.39 is 11.8 Å². The molecule has 1 aromatic rings. The van der Waals surface area contributed by atoms with Crippen molar-refractivity contribution in [1.82, 2.24) is 10.9 Å². The van der Waals surface area contributed by atoms with Gasteiger partial charge in [0.2, 0.25) is 0 Å². The summed E-state index contributed by atoms with van der Waals surface area (Å²) in [5.74, 6) is 10.0. The first-order chi connectivity index (χ1) is 13.1. The van der Waals surface area contributed by atoms with Gasteiger partial charge in [0.15, 0.2) is 11.5 Å². The molecule has 0 aromatic carbocycles. The molecule has 0 unspecified atom stereocenters. The molecule has 1 rings (SSSR count). The van der Waals surface area contributed by atoms with Gasteiger partial charge < -0.3 is 9.47 Å². The lowest BCUT2D eigenvalue weighted by Crippen LogP contribution is -2.30. The average Bonchev–Trinajstić information content (AvgIpc) is 3.05. The molecule has 27 heavy (non-hydrogen) atoms. The number of thiophene rings is 1. The van der Waals surface area contributed by atoms with Gasteiger partial charge >= 0.3 is 0 Å². The van der Waals surface area contributed by atoms with Crippen LogP contribution in [-0.4, -0.2) is 25.0 Å². The highest BCUT2D eigenvalue weighted by Gasteiger charge is 2.29. The summed E-state index contributed by atoms with van der Waals surface area (Å²) >= 11 is 0.954. The van der Waals surface area contributed by atoms with Crippen LogP contribution < -0.4 is 32.0 Å². The van der Waals surface area contributed by atoms with Gasteiger partial charge in [-0.1, -0.05) is 52.4 Å². The fourth-order valence-electron chi connectivity index (χ4n) is 2.50.